The highest BCUT2D eigenvalue weighted by molar-refractivity contribution is 6.35. The number of aromatic nitrogens is 1. The fourth-order valence-electron chi connectivity index (χ4n) is 2.15. The van der Waals surface area contributed by atoms with Crippen LogP contribution in [0.1, 0.15) is 31.9 Å². The zero-order chi connectivity index (χ0) is 16.1. The molecule has 0 fully saturated rings. The summed E-state index contributed by atoms with van der Waals surface area (Å²) in [6.07, 6.45) is 6.00. The summed E-state index contributed by atoms with van der Waals surface area (Å²) < 4.78 is 1.87. The van der Waals surface area contributed by atoms with Gasteiger partial charge in [-0.1, -0.05) is 36.5 Å². The molecule has 2 aromatic rings. The number of carbonyl (C=O) groups excluding carboxylic acids is 1. The maximum absolute atomic E-state index is 12.4. The molecule has 5 heteroatoms. The second kappa shape index (κ2) is 7.61. The van der Waals surface area contributed by atoms with Crippen LogP contribution in [0, 0.1) is 0 Å². The number of aryl methyl sites for hydroxylation is 1. The van der Waals surface area contributed by atoms with Gasteiger partial charge >= 0.3 is 0 Å². The molecule has 1 atom stereocenters. The molecule has 1 N–H and O–H groups in total. The van der Waals surface area contributed by atoms with Crippen molar-refractivity contribution in [1.82, 2.24) is 0 Å². The van der Waals surface area contributed by atoms with Crippen molar-refractivity contribution in [3.63, 3.8) is 0 Å². The molecule has 1 aromatic heterocycles. The molecule has 1 heterocycles. The highest BCUT2D eigenvalue weighted by Gasteiger charge is 2.22. The molecule has 1 aromatic carbocycles. The van der Waals surface area contributed by atoms with Gasteiger partial charge in [-0.05, 0) is 30.2 Å². The second-order valence-corrected chi connectivity index (χ2v) is 6.04. The Balaban J connectivity index is 2.09. The Bertz CT molecular complexity index is 656. The minimum absolute atomic E-state index is 0.141. The van der Waals surface area contributed by atoms with E-state index in [4.69, 9.17) is 23.2 Å². The van der Waals surface area contributed by atoms with Gasteiger partial charge in [0.25, 0.3) is 5.91 Å². The van der Waals surface area contributed by atoms with Gasteiger partial charge in [0.05, 0.1) is 10.7 Å². The first-order chi connectivity index (χ1) is 10.5. The molecule has 0 aliphatic rings. The molecule has 116 valence electrons. The standard InChI is InChI=1S/C17H18Cl2N2O/c1-3-4-13-7-9-21(10-8-13)12(2)17(22)20-16-11-14(18)5-6-15(16)19/h5-12H,3-4H2,1-2H3/p+1/t12-/m0/s1. The number of hydrogen-bond acceptors (Lipinski definition) is 1. The van der Waals surface area contributed by atoms with E-state index in [1.165, 1.54) is 5.56 Å². The number of nitrogens with zero attached hydrogens (tertiary/aromatic N) is 1. The maximum Gasteiger partial charge on any atom is 0.293 e. The summed E-state index contributed by atoms with van der Waals surface area (Å²) in [5.41, 5.74) is 1.79. The number of carbonyl (C=O) groups is 1. The molecule has 0 bridgehead atoms. The highest BCUT2D eigenvalue weighted by Crippen LogP contribution is 2.25. The number of rotatable bonds is 5. The fraction of sp³-hybridized carbons (Fsp3) is 0.294. The SMILES string of the molecule is CCCc1cc[n+]([C@@H](C)C(=O)Nc2cc(Cl)ccc2Cl)cc1. The summed E-state index contributed by atoms with van der Waals surface area (Å²) in [5, 5.41) is 3.81. The third-order valence-corrected chi connectivity index (χ3v) is 4.04. The zero-order valence-electron chi connectivity index (χ0n) is 12.6. The van der Waals surface area contributed by atoms with Gasteiger partial charge in [0.15, 0.2) is 12.4 Å². The Kier molecular flexibility index (Phi) is 5.81. The van der Waals surface area contributed by atoms with E-state index < -0.39 is 0 Å². The summed E-state index contributed by atoms with van der Waals surface area (Å²) in [5.74, 6) is -0.141. The monoisotopic (exact) mass is 337 g/mol. The average Bonchev–Trinajstić information content (AvgIpc) is 2.51. The normalized spacial score (nSPS) is 12.0. The van der Waals surface area contributed by atoms with Crippen molar-refractivity contribution in [3.05, 3.63) is 58.3 Å². The molecule has 0 unspecified atom stereocenters. The number of hydrogen-bond donors (Lipinski definition) is 1. The second-order valence-electron chi connectivity index (χ2n) is 5.19. The first-order valence-electron chi connectivity index (χ1n) is 7.27. The van der Waals surface area contributed by atoms with E-state index >= 15 is 0 Å². The Labute approximate surface area is 140 Å². The Morgan fingerprint density at radius 1 is 1.23 bits per heavy atom. The van der Waals surface area contributed by atoms with Gasteiger partial charge in [-0.15, -0.1) is 0 Å². The molecule has 22 heavy (non-hydrogen) atoms. The van der Waals surface area contributed by atoms with Crippen molar-refractivity contribution in [3.8, 4) is 0 Å². The average molecular weight is 338 g/mol. The van der Waals surface area contributed by atoms with Crippen LogP contribution in [0.4, 0.5) is 5.69 Å². The van der Waals surface area contributed by atoms with Crippen LogP contribution in [0.2, 0.25) is 10.0 Å². The molecular formula is C17H19Cl2N2O+. The lowest BCUT2D eigenvalue weighted by atomic mass is 10.1. The van der Waals surface area contributed by atoms with Gasteiger partial charge in [-0.2, -0.15) is 4.57 Å². The summed E-state index contributed by atoms with van der Waals surface area (Å²) in [4.78, 5) is 12.4. The van der Waals surface area contributed by atoms with Gasteiger partial charge in [-0.25, -0.2) is 0 Å². The highest BCUT2D eigenvalue weighted by atomic mass is 35.5. The van der Waals surface area contributed by atoms with Crippen LogP contribution in [-0.2, 0) is 11.2 Å². The first-order valence-corrected chi connectivity index (χ1v) is 8.02. The number of pyridine rings is 1. The van der Waals surface area contributed by atoms with E-state index in [-0.39, 0.29) is 11.9 Å². The zero-order valence-corrected chi connectivity index (χ0v) is 14.2. The number of benzene rings is 1. The topological polar surface area (TPSA) is 33.0 Å². The van der Waals surface area contributed by atoms with Crippen LogP contribution < -0.4 is 9.88 Å². The molecular weight excluding hydrogens is 319 g/mol. The van der Waals surface area contributed by atoms with E-state index in [1.54, 1.807) is 18.2 Å². The van der Waals surface area contributed by atoms with Gasteiger partial charge in [0.1, 0.15) is 0 Å². The largest absolute Gasteiger partial charge is 0.319 e. The third-order valence-electron chi connectivity index (χ3n) is 3.47. The van der Waals surface area contributed by atoms with E-state index in [0.29, 0.717) is 15.7 Å². The van der Waals surface area contributed by atoms with Crippen LogP contribution in [0.5, 0.6) is 0 Å². The summed E-state index contributed by atoms with van der Waals surface area (Å²) >= 11 is 12.0. The molecule has 0 radical (unpaired) electrons. The number of halogens is 2. The summed E-state index contributed by atoms with van der Waals surface area (Å²) in [6, 6.07) is 8.73. The van der Waals surface area contributed by atoms with Crippen molar-refractivity contribution >= 4 is 34.8 Å². The number of anilines is 1. The predicted molar refractivity (Wildman–Crippen MR) is 90.4 cm³/mol. The Morgan fingerprint density at radius 3 is 2.55 bits per heavy atom. The third kappa shape index (κ3) is 4.21. The number of nitrogens with one attached hydrogen (secondary N) is 1. The van der Waals surface area contributed by atoms with Gasteiger partial charge in [-0.3, -0.25) is 4.79 Å². The quantitative estimate of drug-likeness (QED) is 0.804. The molecule has 0 aliphatic heterocycles. The first kappa shape index (κ1) is 16.8. The summed E-state index contributed by atoms with van der Waals surface area (Å²) in [7, 11) is 0. The molecule has 1 amide bonds. The van der Waals surface area contributed by atoms with Crippen LogP contribution in [-0.4, -0.2) is 5.91 Å². The predicted octanol–water partition coefficient (Wildman–Crippen LogP) is 4.43. The van der Waals surface area contributed by atoms with Crippen molar-refractivity contribution in [2.75, 3.05) is 5.32 Å². The van der Waals surface area contributed by atoms with Crippen LogP contribution in [0.3, 0.4) is 0 Å². The van der Waals surface area contributed by atoms with Gasteiger partial charge in [0, 0.05) is 24.1 Å². The Morgan fingerprint density at radius 2 is 1.91 bits per heavy atom. The van der Waals surface area contributed by atoms with Crippen molar-refractivity contribution in [1.29, 1.82) is 0 Å². The van der Waals surface area contributed by atoms with Crippen molar-refractivity contribution in [2.24, 2.45) is 0 Å². The van der Waals surface area contributed by atoms with E-state index in [9.17, 15) is 4.79 Å². The van der Waals surface area contributed by atoms with Gasteiger partial charge in [0.2, 0.25) is 6.04 Å². The Hall–Kier alpha value is -1.58. The van der Waals surface area contributed by atoms with E-state index in [1.807, 2.05) is 36.0 Å². The molecule has 0 aliphatic carbocycles. The molecule has 2 rings (SSSR count). The van der Waals surface area contributed by atoms with Crippen LogP contribution in [0.15, 0.2) is 42.7 Å². The van der Waals surface area contributed by atoms with Crippen LogP contribution in [0.25, 0.3) is 0 Å². The van der Waals surface area contributed by atoms with E-state index in [0.717, 1.165) is 12.8 Å². The molecule has 3 nitrogen and oxygen atoms in total. The molecule has 0 saturated carbocycles. The van der Waals surface area contributed by atoms with Crippen molar-refractivity contribution in [2.45, 2.75) is 32.7 Å². The van der Waals surface area contributed by atoms with E-state index in [2.05, 4.69) is 12.2 Å². The fourth-order valence-corrected chi connectivity index (χ4v) is 2.49. The summed E-state index contributed by atoms with van der Waals surface area (Å²) in [6.45, 7) is 3.99. The lowest BCUT2D eigenvalue weighted by Crippen LogP contribution is -2.44. The smallest absolute Gasteiger partial charge is 0.293 e. The molecule has 0 saturated heterocycles. The lowest BCUT2D eigenvalue weighted by Gasteiger charge is -2.10. The van der Waals surface area contributed by atoms with Crippen LogP contribution >= 0.6 is 23.2 Å². The minimum Gasteiger partial charge on any atom is -0.319 e. The van der Waals surface area contributed by atoms with Crippen molar-refractivity contribution < 1.29 is 9.36 Å². The minimum atomic E-state index is -0.342. The number of amides is 1. The maximum atomic E-state index is 12.4. The van der Waals surface area contributed by atoms with Gasteiger partial charge < -0.3 is 5.32 Å². The molecule has 0 spiro atoms. The lowest BCUT2D eigenvalue weighted by molar-refractivity contribution is -0.705.